The molecule has 0 bridgehead atoms. The number of anilines is 1. The van der Waals surface area contributed by atoms with E-state index in [0.29, 0.717) is 12.1 Å². The van der Waals surface area contributed by atoms with Crippen molar-refractivity contribution in [2.75, 3.05) is 18.5 Å². The van der Waals surface area contributed by atoms with Gasteiger partial charge in [0.05, 0.1) is 0 Å². The highest BCUT2D eigenvalue weighted by atomic mass is 15.2. The summed E-state index contributed by atoms with van der Waals surface area (Å²) >= 11 is 0. The van der Waals surface area contributed by atoms with Crippen molar-refractivity contribution in [2.45, 2.75) is 45.7 Å². The van der Waals surface area contributed by atoms with E-state index >= 15 is 0 Å². The molecule has 100 valence electrons. The van der Waals surface area contributed by atoms with Gasteiger partial charge in [-0.05, 0) is 44.4 Å². The smallest absolute Gasteiger partial charge is 0.0417 e. The van der Waals surface area contributed by atoms with Gasteiger partial charge < -0.3 is 10.2 Å². The van der Waals surface area contributed by atoms with Crippen LogP contribution < -0.4 is 10.2 Å². The zero-order valence-electron chi connectivity index (χ0n) is 12.1. The second-order valence-corrected chi connectivity index (χ2v) is 5.65. The van der Waals surface area contributed by atoms with Crippen LogP contribution in [0.15, 0.2) is 24.3 Å². The fourth-order valence-electron chi connectivity index (χ4n) is 3.26. The van der Waals surface area contributed by atoms with Gasteiger partial charge in [-0.25, -0.2) is 0 Å². The van der Waals surface area contributed by atoms with E-state index in [1.165, 1.54) is 24.2 Å². The lowest BCUT2D eigenvalue weighted by atomic mass is 10.0. The first-order valence-corrected chi connectivity index (χ1v) is 7.20. The normalized spacial score (nSPS) is 25.4. The molecule has 1 aliphatic heterocycles. The summed E-state index contributed by atoms with van der Waals surface area (Å²) in [5.41, 5.74) is 2.87. The maximum atomic E-state index is 3.43. The molecule has 1 heterocycles. The summed E-state index contributed by atoms with van der Waals surface area (Å²) in [7, 11) is 2.06. The molecule has 0 spiro atoms. The van der Waals surface area contributed by atoms with Crippen molar-refractivity contribution in [2.24, 2.45) is 5.92 Å². The Labute approximate surface area is 111 Å². The average Bonchev–Trinajstić information content (AvgIpc) is 2.71. The monoisotopic (exact) mass is 246 g/mol. The maximum absolute atomic E-state index is 3.43. The summed E-state index contributed by atoms with van der Waals surface area (Å²) in [4.78, 5) is 2.58. The Kier molecular flexibility index (Phi) is 4.28. The van der Waals surface area contributed by atoms with Crippen LogP contribution in [0.2, 0.25) is 0 Å². The highest BCUT2D eigenvalue weighted by Gasteiger charge is 2.28. The first-order valence-electron chi connectivity index (χ1n) is 7.20. The molecule has 0 radical (unpaired) electrons. The van der Waals surface area contributed by atoms with Crippen molar-refractivity contribution >= 4 is 5.69 Å². The van der Waals surface area contributed by atoms with Crippen LogP contribution in [0.3, 0.4) is 0 Å². The summed E-state index contributed by atoms with van der Waals surface area (Å²) in [5, 5.41) is 3.43. The van der Waals surface area contributed by atoms with Crippen molar-refractivity contribution in [1.29, 1.82) is 0 Å². The highest BCUT2D eigenvalue weighted by molar-refractivity contribution is 5.56. The highest BCUT2D eigenvalue weighted by Crippen LogP contribution is 2.34. The summed E-state index contributed by atoms with van der Waals surface area (Å²) in [6.45, 7) is 8.14. The van der Waals surface area contributed by atoms with Gasteiger partial charge in [0.15, 0.2) is 0 Å². The van der Waals surface area contributed by atoms with E-state index in [1.807, 2.05) is 0 Å². The maximum Gasteiger partial charge on any atom is 0.0417 e. The minimum absolute atomic E-state index is 0.462. The summed E-state index contributed by atoms with van der Waals surface area (Å²) in [6.07, 6.45) is 2.44. The second-order valence-electron chi connectivity index (χ2n) is 5.65. The molecule has 2 rings (SSSR count). The van der Waals surface area contributed by atoms with Gasteiger partial charge in [0.2, 0.25) is 0 Å². The third-order valence-corrected chi connectivity index (χ3v) is 4.16. The van der Waals surface area contributed by atoms with Gasteiger partial charge in [0.1, 0.15) is 0 Å². The number of benzene rings is 1. The van der Waals surface area contributed by atoms with Crippen LogP contribution in [-0.2, 0) is 0 Å². The minimum Gasteiger partial charge on any atom is -0.368 e. The predicted octanol–water partition coefficient (Wildman–Crippen LogP) is 3.59. The Morgan fingerprint density at radius 1 is 1.33 bits per heavy atom. The number of nitrogens with one attached hydrogen (secondary N) is 1. The Balaban J connectivity index is 2.32. The van der Waals surface area contributed by atoms with Crippen LogP contribution in [-0.4, -0.2) is 19.6 Å². The van der Waals surface area contributed by atoms with Gasteiger partial charge in [-0.2, -0.15) is 0 Å². The molecule has 0 saturated carbocycles. The lowest BCUT2D eigenvalue weighted by molar-refractivity contribution is 0.574. The van der Waals surface area contributed by atoms with Crippen LogP contribution in [0.25, 0.3) is 0 Å². The van der Waals surface area contributed by atoms with Gasteiger partial charge in [0.25, 0.3) is 0 Å². The van der Waals surface area contributed by atoms with E-state index in [1.54, 1.807) is 0 Å². The molecule has 3 atom stereocenters. The van der Waals surface area contributed by atoms with Gasteiger partial charge in [-0.3, -0.25) is 0 Å². The summed E-state index contributed by atoms with van der Waals surface area (Å²) < 4.78 is 0. The number of nitrogens with zero attached hydrogens (tertiary/aromatic N) is 1. The molecule has 0 aromatic heterocycles. The van der Waals surface area contributed by atoms with Crippen LogP contribution in [0, 0.1) is 5.92 Å². The molecule has 2 nitrogen and oxygen atoms in total. The van der Waals surface area contributed by atoms with E-state index in [-0.39, 0.29) is 0 Å². The summed E-state index contributed by atoms with van der Waals surface area (Å²) in [5.74, 6) is 0.808. The molecule has 1 aromatic rings. The zero-order chi connectivity index (χ0) is 13.1. The molecule has 1 N–H and O–H groups in total. The topological polar surface area (TPSA) is 15.3 Å². The van der Waals surface area contributed by atoms with Crippen LogP contribution in [0.4, 0.5) is 5.69 Å². The minimum atomic E-state index is 0.462. The first kappa shape index (κ1) is 13.4. The van der Waals surface area contributed by atoms with Gasteiger partial charge in [-0.1, -0.05) is 32.0 Å². The second kappa shape index (κ2) is 5.75. The molecule has 1 aliphatic rings. The Bertz CT molecular complexity index is 384. The number of rotatable bonds is 4. The van der Waals surface area contributed by atoms with Crippen LogP contribution in [0.1, 0.15) is 45.2 Å². The summed E-state index contributed by atoms with van der Waals surface area (Å²) in [6, 6.07) is 10.00. The molecular weight excluding hydrogens is 220 g/mol. The predicted molar refractivity (Wildman–Crippen MR) is 79.1 cm³/mol. The molecule has 1 saturated heterocycles. The molecule has 0 amide bonds. The van der Waals surface area contributed by atoms with Gasteiger partial charge in [0, 0.05) is 24.3 Å². The van der Waals surface area contributed by atoms with Crippen molar-refractivity contribution in [3.05, 3.63) is 29.8 Å². The lowest BCUT2D eigenvalue weighted by Crippen LogP contribution is -2.29. The third-order valence-electron chi connectivity index (χ3n) is 4.16. The molecule has 2 heteroatoms. The quantitative estimate of drug-likeness (QED) is 0.873. The number of hydrogen-bond acceptors (Lipinski definition) is 2. The van der Waals surface area contributed by atoms with Crippen molar-refractivity contribution in [3.8, 4) is 0 Å². The number of para-hydroxylation sites is 1. The van der Waals surface area contributed by atoms with E-state index in [9.17, 15) is 0 Å². The van der Waals surface area contributed by atoms with E-state index in [4.69, 9.17) is 0 Å². The molecule has 3 unspecified atom stereocenters. The SMILES string of the molecule is CCC(NC)c1ccccc1N1CC(C)CC1C. The van der Waals surface area contributed by atoms with Crippen molar-refractivity contribution in [3.63, 3.8) is 0 Å². The number of hydrogen-bond donors (Lipinski definition) is 1. The van der Waals surface area contributed by atoms with Crippen molar-refractivity contribution in [1.82, 2.24) is 5.32 Å². The zero-order valence-corrected chi connectivity index (χ0v) is 12.1. The van der Waals surface area contributed by atoms with Crippen LogP contribution in [0.5, 0.6) is 0 Å². The molecule has 18 heavy (non-hydrogen) atoms. The van der Waals surface area contributed by atoms with Crippen molar-refractivity contribution < 1.29 is 0 Å². The van der Waals surface area contributed by atoms with Gasteiger partial charge in [-0.15, -0.1) is 0 Å². The fourth-order valence-corrected chi connectivity index (χ4v) is 3.26. The standard InChI is InChI=1S/C16H26N2/c1-5-15(17-4)14-8-6-7-9-16(14)18-11-12(2)10-13(18)3/h6-9,12-13,15,17H,5,10-11H2,1-4H3. The average molecular weight is 246 g/mol. The molecular formula is C16H26N2. The Morgan fingerprint density at radius 2 is 2.06 bits per heavy atom. The van der Waals surface area contributed by atoms with Crippen LogP contribution >= 0.6 is 0 Å². The Morgan fingerprint density at radius 3 is 2.61 bits per heavy atom. The Hall–Kier alpha value is -1.02. The molecule has 1 aromatic carbocycles. The molecule has 0 aliphatic carbocycles. The first-order chi connectivity index (χ1) is 8.67. The molecule has 1 fully saturated rings. The van der Waals surface area contributed by atoms with E-state index in [2.05, 4.69) is 62.3 Å². The largest absolute Gasteiger partial charge is 0.368 e. The lowest BCUT2D eigenvalue weighted by Gasteiger charge is -2.29. The van der Waals surface area contributed by atoms with E-state index < -0.39 is 0 Å². The third kappa shape index (κ3) is 2.54. The fraction of sp³-hybridized carbons (Fsp3) is 0.625. The van der Waals surface area contributed by atoms with E-state index in [0.717, 1.165) is 12.3 Å². The van der Waals surface area contributed by atoms with Gasteiger partial charge >= 0.3 is 0 Å².